The van der Waals surface area contributed by atoms with E-state index in [-0.39, 0.29) is 10.6 Å². The quantitative estimate of drug-likeness (QED) is 0.357. The Kier molecular flexibility index (Phi) is 4.18. The lowest BCUT2D eigenvalue weighted by Gasteiger charge is -1.91. The van der Waals surface area contributed by atoms with Gasteiger partial charge in [0.05, 0.1) is 4.92 Å². The minimum Gasteiger partial charge on any atom is -0.258 e. The summed E-state index contributed by atoms with van der Waals surface area (Å²) in [4.78, 5) is 9.95. The van der Waals surface area contributed by atoms with Gasteiger partial charge in [-0.2, -0.15) is 0 Å². The maximum absolute atomic E-state index is 10.3. The maximum Gasteiger partial charge on any atom is 0.265 e. The number of rotatable bonds is 3. The van der Waals surface area contributed by atoms with E-state index < -0.39 is 0 Å². The fraction of sp³-hybridized carbons (Fsp3) is 0.500. The Bertz CT molecular complexity index is 200. The van der Waals surface area contributed by atoms with Crippen LogP contribution in [0.3, 0.4) is 0 Å². The molecule has 0 saturated carbocycles. The van der Waals surface area contributed by atoms with Crippen LogP contribution in [0.2, 0.25) is 0 Å². The Morgan fingerprint density at radius 3 is 2.36 bits per heavy atom. The molecule has 3 nitrogen and oxygen atoms in total. The SMILES string of the molecule is CC/C=C(\C=C(C)C)[N+](=O)[O-]. The third-order valence-corrected chi connectivity index (χ3v) is 1.06. The fourth-order valence-corrected chi connectivity index (χ4v) is 0.691. The lowest BCUT2D eigenvalue weighted by atomic mass is 10.2. The first-order valence-corrected chi connectivity index (χ1v) is 3.57. The van der Waals surface area contributed by atoms with Crippen molar-refractivity contribution in [2.45, 2.75) is 27.2 Å². The second-order valence-corrected chi connectivity index (χ2v) is 2.52. The monoisotopic (exact) mass is 155 g/mol. The maximum atomic E-state index is 10.3. The third kappa shape index (κ3) is 4.31. The first-order chi connectivity index (χ1) is 5.07. The topological polar surface area (TPSA) is 43.1 Å². The summed E-state index contributed by atoms with van der Waals surface area (Å²) >= 11 is 0. The Morgan fingerprint density at radius 2 is 2.09 bits per heavy atom. The van der Waals surface area contributed by atoms with Crippen molar-refractivity contribution in [3.05, 3.63) is 33.5 Å². The number of nitrogens with zero attached hydrogens (tertiary/aromatic N) is 1. The van der Waals surface area contributed by atoms with Crippen molar-refractivity contribution in [3.63, 3.8) is 0 Å². The molecular formula is C8H13NO2. The van der Waals surface area contributed by atoms with Gasteiger partial charge in [-0.1, -0.05) is 12.5 Å². The minimum absolute atomic E-state index is 0.188. The highest BCUT2D eigenvalue weighted by Crippen LogP contribution is 2.03. The van der Waals surface area contributed by atoms with Crippen LogP contribution in [0.4, 0.5) is 0 Å². The number of nitro groups is 1. The van der Waals surface area contributed by atoms with E-state index >= 15 is 0 Å². The van der Waals surface area contributed by atoms with Crippen molar-refractivity contribution < 1.29 is 4.92 Å². The molecule has 0 aromatic rings. The lowest BCUT2D eigenvalue weighted by Crippen LogP contribution is -1.95. The van der Waals surface area contributed by atoms with Crippen LogP contribution in [0.5, 0.6) is 0 Å². The van der Waals surface area contributed by atoms with E-state index in [2.05, 4.69) is 0 Å². The van der Waals surface area contributed by atoms with Gasteiger partial charge in [0.1, 0.15) is 0 Å². The highest BCUT2D eigenvalue weighted by atomic mass is 16.6. The standard InChI is InChI=1S/C8H13NO2/c1-4-5-8(9(10)11)6-7(2)3/h5-6H,4H2,1-3H3/b8-5+. The molecule has 0 aromatic carbocycles. The van der Waals surface area contributed by atoms with E-state index in [0.717, 1.165) is 5.57 Å². The van der Waals surface area contributed by atoms with E-state index in [1.165, 1.54) is 0 Å². The van der Waals surface area contributed by atoms with Crippen molar-refractivity contribution in [2.75, 3.05) is 0 Å². The molecule has 0 unspecified atom stereocenters. The first-order valence-electron chi connectivity index (χ1n) is 3.57. The summed E-state index contributed by atoms with van der Waals surface area (Å²) in [5.74, 6) is 0. The molecule has 62 valence electrons. The summed E-state index contributed by atoms with van der Waals surface area (Å²) in [6, 6.07) is 0. The predicted octanol–water partition coefficient (Wildman–Crippen LogP) is 2.52. The van der Waals surface area contributed by atoms with Crippen molar-refractivity contribution in [2.24, 2.45) is 0 Å². The molecule has 0 bridgehead atoms. The van der Waals surface area contributed by atoms with Crippen LogP contribution in [0.1, 0.15) is 27.2 Å². The van der Waals surface area contributed by atoms with Gasteiger partial charge >= 0.3 is 0 Å². The van der Waals surface area contributed by atoms with E-state index in [0.29, 0.717) is 6.42 Å². The normalized spacial score (nSPS) is 11.0. The van der Waals surface area contributed by atoms with Gasteiger partial charge < -0.3 is 0 Å². The van der Waals surface area contributed by atoms with Crippen LogP contribution in [-0.2, 0) is 0 Å². The van der Waals surface area contributed by atoms with Crippen molar-refractivity contribution in [1.82, 2.24) is 0 Å². The van der Waals surface area contributed by atoms with Crippen LogP contribution in [0.25, 0.3) is 0 Å². The van der Waals surface area contributed by atoms with E-state index in [4.69, 9.17) is 0 Å². The zero-order chi connectivity index (χ0) is 8.85. The van der Waals surface area contributed by atoms with Gasteiger partial charge in [-0.15, -0.1) is 0 Å². The summed E-state index contributed by atoms with van der Waals surface area (Å²) < 4.78 is 0. The molecule has 0 N–H and O–H groups in total. The molecule has 0 fully saturated rings. The van der Waals surface area contributed by atoms with Crippen LogP contribution in [-0.4, -0.2) is 4.92 Å². The van der Waals surface area contributed by atoms with Gasteiger partial charge in [-0.3, -0.25) is 10.1 Å². The van der Waals surface area contributed by atoms with Gasteiger partial charge in [0.2, 0.25) is 0 Å². The fourth-order valence-electron chi connectivity index (χ4n) is 0.691. The zero-order valence-electron chi connectivity index (χ0n) is 7.13. The highest BCUT2D eigenvalue weighted by Gasteiger charge is 2.03. The third-order valence-electron chi connectivity index (χ3n) is 1.06. The molecule has 0 amide bonds. The molecule has 0 rings (SSSR count). The molecule has 0 saturated heterocycles. The second kappa shape index (κ2) is 4.66. The lowest BCUT2D eigenvalue weighted by molar-refractivity contribution is -0.419. The first kappa shape index (κ1) is 9.88. The van der Waals surface area contributed by atoms with Gasteiger partial charge in [0, 0.05) is 6.08 Å². The minimum atomic E-state index is -0.365. The van der Waals surface area contributed by atoms with Crippen molar-refractivity contribution >= 4 is 0 Å². The average Bonchev–Trinajstić information content (AvgIpc) is 1.86. The highest BCUT2D eigenvalue weighted by molar-refractivity contribution is 5.14. The second-order valence-electron chi connectivity index (χ2n) is 2.52. The molecule has 0 radical (unpaired) electrons. The van der Waals surface area contributed by atoms with Gasteiger partial charge in [-0.05, 0) is 26.3 Å². The molecule has 0 heterocycles. The van der Waals surface area contributed by atoms with Crippen molar-refractivity contribution in [3.8, 4) is 0 Å². The van der Waals surface area contributed by atoms with E-state index in [9.17, 15) is 10.1 Å². The van der Waals surface area contributed by atoms with Crippen LogP contribution < -0.4 is 0 Å². The molecule has 0 aromatic heterocycles. The van der Waals surface area contributed by atoms with E-state index in [1.807, 2.05) is 20.8 Å². The summed E-state index contributed by atoms with van der Waals surface area (Å²) in [7, 11) is 0. The molecule has 0 aliphatic heterocycles. The molecule has 0 aliphatic rings. The van der Waals surface area contributed by atoms with Crippen LogP contribution in [0.15, 0.2) is 23.4 Å². The Balaban J connectivity index is 4.50. The molecule has 3 heteroatoms. The number of hydrogen-bond donors (Lipinski definition) is 0. The molecular weight excluding hydrogens is 142 g/mol. The molecule has 0 atom stereocenters. The van der Waals surface area contributed by atoms with Crippen LogP contribution >= 0.6 is 0 Å². The predicted molar refractivity (Wildman–Crippen MR) is 44.8 cm³/mol. The zero-order valence-corrected chi connectivity index (χ0v) is 7.13. The smallest absolute Gasteiger partial charge is 0.258 e. The van der Waals surface area contributed by atoms with Gasteiger partial charge in [-0.25, -0.2) is 0 Å². The summed E-state index contributed by atoms with van der Waals surface area (Å²) in [5.41, 5.74) is 1.13. The van der Waals surface area contributed by atoms with Crippen molar-refractivity contribution in [1.29, 1.82) is 0 Å². The average molecular weight is 155 g/mol. The largest absolute Gasteiger partial charge is 0.265 e. The Hall–Kier alpha value is -1.12. The molecule has 0 spiro atoms. The Morgan fingerprint density at radius 1 is 1.55 bits per heavy atom. The molecule has 0 aliphatic carbocycles. The Labute approximate surface area is 66.6 Å². The van der Waals surface area contributed by atoms with E-state index in [1.54, 1.807) is 12.2 Å². The molecule has 11 heavy (non-hydrogen) atoms. The number of hydrogen-bond acceptors (Lipinski definition) is 2. The summed E-state index contributed by atoms with van der Waals surface area (Å²) in [5, 5.41) is 10.3. The number of allylic oxidation sites excluding steroid dienone is 3. The summed E-state index contributed by atoms with van der Waals surface area (Å²) in [6.07, 6.45) is 3.87. The summed E-state index contributed by atoms with van der Waals surface area (Å²) in [6.45, 7) is 5.56. The van der Waals surface area contributed by atoms with Crippen LogP contribution in [0, 0.1) is 10.1 Å². The van der Waals surface area contributed by atoms with Gasteiger partial charge in [0.15, 0.2) is 0 Å². The van der Waals surface area contributed by atoms with Gasteiger partial charge in [0.25, 0.3) is 5.70 Å².